The summed E-state index contributed by atoms with van der Waals surface area (Å²) in [7, 11) is 0. The lowest BCUT2D eigenvalue weighted by molar-refractivity contribution is 0.150. The molecule has 1 aliphatic carbocycles. The molecule has 1 saturated carbocycles. The second kappa shape index (κ2) is 3.69. The molecule has 0 aromatic rings. The van der Waals surface area contributed by atoms with Crippen molar-refractivity contribution in [3.8, 4) is 0 Å². The zero-order valence-corrected chi connectivity index (χ0v) is 10.2. The molecule has 86 valence electrons. The first kappa shape index (κ1) is 10.8. The Hall–Kier alpha value is -0.730. The molecule has 2 aliphatic rings. The maximum absolute atomic E-state index is 6.02. The molecule has 0 spiro atoms. The van der Waals surface area contributed by atoms with Gasteiger partial charge in [0.25, 0.3) is 0 Å². The van der Waals surface area contributed by atoms with Crippen LogP contribution in [0.3, 0.4) is 0 Å². The highest BCUT2D eigenvalue weighted by Gasteiger charge is 2.39. The highest BCUT2D eigenvalue weighted by atomic mass is 15.3. The smallest absolute Gasteiger partial charge is 0.191 e. The van der Waals surface area contributed by atoms with Gasteiger partial charge < -0.3 is 10.6 Å². The molecule has 1 heterocycles. The molecule has 1 unspecified atom stereocenters. The molecule has 0 aromatic heterocycles. The van der Waals surface area contributed by atoms with Gasteiger partial charge in [-0.3, -0.25) is 4.99 Å². The lowest BCUT2D eigenvalue weighted by Gasteiger charge is -2.39. The molecule has 1 fully saturated rings. The Bertz CT molecular complexity index is 259. The summed E-state index contributed by atoms with van der Waals surface area (Å²) in [6.07, 6.45) is 5.29. The Morgan fingerprint density at radius 1 is 1.27 bits per heavy atom. The third kappa shape index (κ3) is 1.97. The minimum atomic E-state index is 0.271. The van der Waals surface area contributed by atoms with Crippen molar-refractivity contribution in [2.75, 3.05) is 6.54 Å². The van der Waals surface area contributed by atoms with Crippen molar-refractivity contribution < 1.29 is 0 Å². The first-order valence-corrected chi connectivity index (χ1v) is 6.08. The topological polar surface area (TPSA) is 41.6 Å². The van der Waals surface area contributed by atoms with Crippen LogP contribution in [0.15, 0.2) is 4.99 Å². The van der Waals surface area contributed by atoms with E-state index in [1.165, 1.54) is 25.7 Å². The van der Waals surface area contributed by atoms with Crippen molar-refractivity contribution in [2.24, 2.45) is 16.1 Å². The number of rotatable bonds is 1. The van der Waals surface area contributed by atoms with Gasteiger partial charge in [-0.2, -0.15) is 0 Å². The van der Waals surface area contributed by atoms with Crippen molar-refractivity contribution >= 4 is 5.96 Å². The average molecular weight is 209 g/mol. The van der Waals surface area contributed by atoms with Crippen molar-refractivity contribution in [3.05, 3.63) is 0 Å². The monoisotopic (exact) mass is 209 g/mol. The van der Waals surface area contributed by atoms with E-state index in [-0.39, 0.29) is 5.41 Å². The Balaban J connectivity index is 2.14. The van der Waals surface area contributed by atoms with Crippen LogP contribution in [-0.2, 0) is 0 Å². The SMILES string of the molecule is CC(C)(C)C1CN=C(N)N1C1CCCC1. The summed E-state index contributed by atoms with van der Waals surface area (Å²) in [5.41, 5.74) is 6.29. The Morgan fingerprint density at radius 2 is 1.87 bits per heavy atom. The van der Waals surface area contributed by atoms with Crippen LogP contribution in [0.25, 0.3) is 0 Å². The minimum absolute atomic E-state index is 0.271. The molecule has 2 N–H and O–H groups in total. The number of aliphatic imine (C=N–C) groups is 1. The van der Waals surface area contributed by atoms with Crippen LogP contribution in [0, 0.1) is 5.41 Å². The standard InChI is InChI=1S/C12H23N3/c1-12(2,3)10-8-14-11(13)15(10)9-6-4-5-7-9/h9-10H,4-8H2,1-3H3,(H2,13,14). The van der Waals surface area contributed by atoms with E-state index in [1.54, 1.807) is 0 Å². The van der Waals surface area contributed by atoms with E-state index in [0.717, 1.165) is 12.5 Å². The van der Waals surface area contributed by atoms with Gasteiger partial charge in [0.2, 0.25) is 0 Å². The molecular weight excluding hydrogens is 186 g/mol. The van der Waals surface area contributed by atoms with Gasteiger partial charge in [-0.25, -0.2) is 0 Å². The van der Waals surface area contributed by atoms with Crippen molar-refractivity contribution in [1.82, 2.24) is 4.90 Å². The second-order valence-electron chi connectivity index (χ2n) is 5.93. The normalized spacial score (nSPS) is 28.6. The predicted octanol–water partition coefficient (Wildman–Crippen LogP) is 1.97. The number of nitrogens with zero attached hydrogens (tertiary/aromatic N) is 2. The van der Waals surface area contributed by atoms with Crippen LogP contribution in [0.2, 0.25) is 0 Å². The summed E-state index contributed by atoms with van der Waals surface area (Å²) in [6, 6.07) is 1.15. The van der Waals surface area contributed by atoms with Crippen molar-refractivity contribution in [3.63, 3.8) is 0 Å². The van der Waals surface area contributed by atoms with Crippen LogP contribution in [0.4, 0.5) is 0 Å². The highest BCUT2D eigenvalue weighted by Crippen LogP contribution is 2.34. The molecule has 1 atom stereocenters. The van der Waals surface area contributed by atoms with Gasteiger partial charge in [0.15, 0.2) is 5.96 Å². The van der Waals surface area contributed by atoms with E-state index in [0.29, 0.717) is 12.1 Å². The van der Waals surface area contributed by atoms with Gasteiger partial charge in [-0.05, 0) is 18.3 Å². The second-order valence-corrected chi connectivity index (χ2v) is 5.93. The zero-order valence-electron chi connectivity index (χ0n) is 10.2. The fraction of sp³-hybridized carbons (Fsp3) is 0.917. The fourth-order valence-electron chi connectivity index (χ4n) is 2.82. The summed E-state index contributed by atoms with van der Waals surface area (Å²) in [5.74, 6) is 0.779. The third-order valence-electron chi connectivity index (χ3n) is 3.74. The molecule has 0 radical (unpaired) electrons. The Morgan fingerprint density at radius 3 is 2.40 bits per heavy atom. The molecular formula is C12H23N3. The lowest BCUT2D eigenvalue weighted by atomic mass is 9.85. The zero-order chi connectivity index (χ0) is 11.1. The molecule has 0 amide bonds. The van der Waals surface area contributed by atoms with Crippen LogP contribution >= 0.6 is 0 Å². The van der Waals surface area contributed by atoms with E-state index in [2.05, 4.69) is 30.7 Å². The number of hydrogen-bond donors (Lipinski definition) is 1. The summed E-state index contributed by atoms with van der Waals surface area (Å²) in [6.45, 7) is 7.74. The molecule has 3 heteroatoms. The first-order valence-electron chi connectivity index (χ1n) is 6.08. The quantitative estimate of drug-likeness (QED) is 0.717. The van der Waals surface area contributed by atoms with E-state index >= 15 is 0 Å². The van der Waals surface area contributed by atoms with Crippen molar-refractivity contribution in [2.45, 2.75) is 58.5 Å². The molecule has 3 nitrogen and oxygen atoms in total. The van der Waals surface area contributed by atoms with Crippen LogP contribution < -0.4 is 5.73 Å². The fourth-order valence-corrected chi connectivity index (χ4v) is 2.82. The van der Waals surface area contributed by atoms with Gasteiger partial charge >= 0.3 is 0 Å². The van der Waals surface area contributed by atoms with Gasteiger partial charge in [0.05, 0.1) is 12.6 Å². The third-order valence-corrected chi connectivity index (χ3v) is 3.74. The summed E-state index contributed by atoms with van der Waals surface area (Å²) < 4.78 is 0. The lowest BCUT2D eigenvalue weighted by Crippen LogP contribution is -2.51. The first-order chi connectivity index (χ1) is 7.00. The maximum Gasteiger partial charge on any atom is 0.191 e. The summed E-state index contributed by atoms with van der Waals surface area (Å²) in [5, 5.41) is 0. The van der Waals surface area contributed by atoms with Gasteiger partial charge in [0.1, 0.15) is 0 Å². The van der Waals surface area contributed by atoms with Crippen molar-refractivity contribution in [1.29, 1.82) is 0 Å². The summed E-state index contributed by atoms with van der Waals surface area (Å²) in [4.78, 5) is 6.83. The maximum atomic E-state index is 6.02. The van der Waals surface area contributed by atoms with Crippen LogP contribution in [0.5, 0.6) is 0 Å². The van der Waals surface area contributed by atoms with E-state index in [9.17, 15) is 0 Å². The van der Waals surface area contributed by atoms with Gasteiger partial charge in [0, 0.05) is 6.04 Å². The molecule has 0 bridgehead atoms. The highest BCUT2D eigenvalue weighted by molar-refractivity contribution is 5.80. The largest absolute Gasteiger partial charge is 0.370 e. The van der Waals surface area contributed by atoms with Crippen LogP contribution in [0.1, 0.15) is 46.5 Å². The number of guanidine groups is 1. The number of hydrogen-bond acceptors (Lipinski definition) is 3. The predicted molar refractivity (Wildman–Crippen MR) is 63.8 cm³/mol. The molecule has 15 heavy (non-hydrogen) atoms. The molecule has 0 aromatic carbocycles. The Kier molecular flexibility index (Phi) is 2.65. The average Bonchev–Trinajstić information content (AvgIpc) is 2.69. The van der Waals surface area contributed by atoms with Crippen LogP contribution in [-0.4, -0.2) is 29.5 Å². The minimum Gasteiger partial charge on any atom is -0.370 e. The number of nitrogens with two attached hydrogens (primary N) is 1. The Labute approximate surface area is 92.7 Å². The van der Waals surface area contributed by atoms with E-state index in [1.807, 2.05) is 0 Å². The van der Waals surface area contributed by atoms with Gasteiger partial charge in [-0.15, -0.1) is 0 Å². The van der Waals surface area contributed by atoms with Gasteiger partial charge in [-0.1, -0.05) is 33.6 Å². The molecule has 1 aliphatic heterocycles. The van der Waals surface area contributed by atoms with E-state index < -0.39 is 0 Å². The molecule has 2 rings (SSSR count). The molecule has 0 saturated heterocycles. The van der Waals surface area contributed by atoms with E-state index in [4.69, 9.17) is 5.73 Å². The summed E-state index contributed by atoms with van der Waals surface area (Å²) >= 11 is 0.